The number of nitrogens with zero attached hydrogens (tertiary/aromatic N) is 1. The molecule has 1 amide bonds. The Morgan fingerprint density at radius 1 is 2.00 bits per heavy atom. The Balaban J connectivity index is 3.55. The van der Waals surface area contributed by atoms with Crippen molar-refractivity contribution >= 4 is 12.2 Å². The number of carbonyl (C=O) groups excluding carboxylic acids is 1. The summed E-state index contributed by atoms with van der Waals surface area (Å²) in [6.45, 7) is 1.13. The first-order valence-electron chi connectivity index (χ1n) is 1.60. The molecule has 1 radical (unpaired) electrons. The molecule has 0 rings (SSSR count). The van der Waals surface area contributed by atoms with Crippen molar-refractivity contribution in [3.63, 3.8) is 0 Å². The molecule has 0 aliphatic carbocycles. The Bertz CT molecular complexity index is 90.9. The molecular formula is C3H5N2O2. The molecule has 0 aromatic rings. The predicted octanol–water partition coefficient (Wildman–Crippen LogP) is -0.292. The number of carbonyl (C=O) groups is 1. The quantitative estimate of drug-likeness (QED) is 0.157. The number of hydrogen-bond acceptors (Lipinski definition) is 3. The summed E-state index contributed by atoms with van der Waals surface area (Å²) in [5.74, 6) is -0.616. The van der Waals surface area contributed by atoms with E-state index in [1.54, 1.807) is 0 Å². The van der Waals surface area contributed by atoms with Gasteiger partial charge in [0.2, 0.25) is 5.91 Å². The summed E-state index contributed by atoms with van der Waals surface area (Å²) in [6.07, 6.45) is 1.45. The molecule has 0 saturated heterocycles. The van der Waals surface area contributed by atoms with Crippen LogP contribution in [0.2, 0.25) is 0 Å². The molecule has 0 unspecified atom stereocenters. The summed E-state index contributed by atoms with van der Waals surface area (Å²) in [5, 5.41) is 14.3. The first kappa shape index (κ1) is 6.10. The van der Waals surface area contributed by atoms with Crippen LogP contribution in [-0.4, -0.2) is 22.5 Å². The van der Waals surface area contributed by atoms with Crippen molar-refractivity contribution in [1.29, 1.82) is 5.41 Å². The summed E-state index contributed by atoms with van der Waals surface area (Å²) in [4.78, 5) is 9.87. The summed E-state index contributed by atoms with van der Waals surface area (Å²) < 4.78 is 0. The van der Waals surface area contributed by atoms with E-state index in [2.05, 4.69) is 0 Å². The molecular weight excluding hydrogens is 96.0 g/mol. The highest BCUT2D eigenvalue weighted by Gasteiger charge is 1.96. The zero-order valence-corrected chi connectivity index (χ0v) is 3.80. The normalized spacial score (nSPS) is 7.71. The van der Waals surface area contributed by atoms with Crippen molar-refractivity contribution in [2.24, 2.45) is 0 Å². The zero-order chi connectivity index (χ0) is 5.86. The second kappa shape index (κ2) is 2.30. The summed E-state index contributed by atoms with van der Waals surface area (Å²) in [6, 6.07) is 0. The summed E-state index contributed by atoms with van der Waals surface area (Å²) >= 11 is 0. The lowest BCUT2D eigenvalue weighted by molar-refractivity contribution is -0.145. The van der Waals surface area contributed by atoms with Gasteiger partial charge in [0.25, 0.3) is 0 Å². The van der Waals surface area contributed by atoms with Crippen LogP contribution >= 0.6 is 0 Å². The smallest absolute Gasteiger partial charge is 0.249 e. The Morgan fingerprint density at radius 3 is 2.43 bits per heavy atom. The topological polar surface area (TPSA) is 64.4 Å². The fraction of sp³-hybridized carbons (Fsp3) is 0.333. The van der Waals surface area contributed by atoms with Crippen LogP contribution in [0.1, 0.15) is 6.92 Å². The average molecular weight is 101 g/mol. The van der Waals surface area contributed by atoms with Crippen molar-refractivity contribution in [3.05, 3.63) is 0 Å². The third kappa shape index (κ3) is 1.88. The third-order valence-corrected chi connectivity index (χ3v) is 0.404. The van der Waals surface area contributed by atoms with E-state index in [0.717, 1.165) is 6.92 Å². The molecule has 0 heterocycles. The fourth-order valence-electron chi connectivity index (χ4n) is 0.0787. The van der Waals surface area contributed by atoms with E-state index < -0.39 is 5.91 Å². The standard InChI is InChI=1S/C3H5N2O2/c1-3(6)5(7)2-4/h4,7H,1H3. The van der Waals surface area contributed by atoms with Crippen molar-refractivity contribution < 1.29 is 10.0 Å². The molecule has 0 atom stereocenters. The molecule has 0 bridgehead atoms. The van der Waals surface area contributed by atoms with Gasteiger partial charge >= 0.3 is 0 Å². The minimum Gasteiger partial charge on any atom is -0.279 e. The second-order valence-corrected chi connectivity index (χ2v) is 0.943. The number of rotatable bonds is 1. The van der Waals surface area contributed by atoms with Crippen molar-refractivity contribution in [3.8, 4) is 0 Å². The van der Waals surface area contributed by atoms with E-state index in [0.29, 0.717) is 0 Å². The molecule has 0 aliphatic rings. The number of hydroxylamine groups is 2. The molecule has 0 spiro atoms. The van der Waals surface area contributed by atoms with Gasteiger partial charge in [0, 0.05) is 6.92 Å². The van der Waals surface area contributed by atoms with Gasteiger partial charge in [0.05, 0.1) is 0 Å². The largest absolute Gasteiger partial charge is 0.279 e. The van der Waals surface area contributed by atoms with Crippen LogP contribution in [0.5, 0.6) is 0 Å². The first-order chi connectivity index (χ1) is 3.18. The van der Waals surface area contributed by atoms with E-state index in [4.69, 9.17) is 10.6 Å². The lowest BCUT2D eigenvalue weighted by Gasteiger charge is -1.98. The van der Waals surface area contributed by atoms with Gasteiger partial charge in [0.1, 0.15) is 0 Å². The highest BCUT2D eigenvalue weighted by molar-refractivity contribution is 5.82. The van der Waals surface area contributed by atoms with Crippen molar-refractivity contribution in [2.45, 2.75) is 6.92 Å². The molecule has 0 fully saturated rings. The van der Waals surface area contributed by atoms with Gasteiger partial charge < -0.3 is 0 Å². The van der Waals surface area contributed by atoms with Crippen LogP contribution in [0, 0.1) is 5.41 Å². The number of hydrogen-bond donors (Lipinski definition) is 2. The van der Waals surface area contributed by atoms with E-state index in [1.807, 2.05) is 0 Å². The highest BCUT2D eigenvalue weighted by atomic mass is 16.5. The molecule has 4 nitrogen and oxygen atoms in total. The Morgan fingerprint density at radius 2 is 2.43 bits per heavy atom. The molecule has 39 valence electrons. The summed E-state index contributed by atoms with van der Waals surface area (Å²) in [7, 11) is 0. The minimum absolute atomic E-state index is 0.0694. The maximum Gasteiger partial charge on any atom is 0.249 e. The van der Waals surface area contributed by atoms with Gasteiger partial charge in [0.15, 0.2) is 6.34 Å². The maximum atomic E-state index is 9.87. The van der Waals surface area contributed by atoms with Crippen LogP contribution in [0.4, 0.5) is 0 Å². The number of amides is 1. The Labute approximate surface area is 40.8 Å². The van der Waals surface area contributed by atoms with Crippen molar-refractivity contribution in [2.75, 3.05) is 0 Å². The van der Waals surface area contributed by atoms with Gasteiger partial charge in [-0.15, -0.1) is 0 Å². The lowest BCUT2D eigenvalue weighted by atomic mass is 10.7. The van der Waals surface area contributed by atoms with Crippen LogP contribution in [0.25, 0.3) is 0 Å². The van der Waals surface area contributed by atoms with Gasteiger partial charge in [-0.3, -0.25) is 15.4 Å². The van der Waals surface area contributed by atoms with Gasteiger partial charge in [-0.25, -0.2) is 0 Å². The van der Waals surface area contributed by atoms with E-state index in [-0.39, 0.29) is 5.06 Å². The van der Waals surface area contributed by atoms with Crippen LogP contribution in [-0.2, 0) is 4.79 Å². The second-order valence-electron chi connectivity index (χ2n) is 0.943. The monoisotopic (exact) mass is 101 g/mol. The average Bonchev–Trinajstić information content (AvgIpc) is 1.65. The molecule has 2 N–H and O–H groups in total. The molecule has 0 aromatic carbocycles. The third-order valence-electron chi connectivity index (χ3n) is 0.404. The Hall–Kier alpha value is -0.900. The fourth-order valence-corrected chi connectivity index (χ4v) is 0.0787. The molecule has 0 aliphatic heterocycles. The maximum absolute atomic E-state index is 9.87. The van der Waals surface area contributed by atoms with E-state index in [9.17, 15) is 4.79 Å². The lowest BCUT2D eigenvalue weighted by Crippen LogP contribution is -2.21. The van der Waals surface area contributed by atoms with Gasteiger partial charge in [-0.05, 0) is 0 Å². The van der Waals surface area contributed by atoms with E-state index >= 15 is 0 Å². The van der Waals surface area contributed by atoms with Crippen LogP contribution < -0.4 is 0 Å². The predicted molar refractivity (Wildman–Crippen MR) is 22.0 cm³/mol. The van der Waals surface area contributed by atoms with E-state index in [1.165, 1.54) is 6.34 Å². The van der Waals surface area contributed by atoms with Gasteiger partial charge in [-0.2, -0.15) is 5.06 Å². The SMILES string of the molecule is CC(=O)N(O)[C]=N. The Kier molecular flexibility index (Phi) is 2.01. The molecule has 4 heteroatoms. The first-order valence-corrected chi connectivity index (χ1v) is 1.60. The molecule has 7 heavy (non-hydrogen) atoms. The minimum atomic E-state index is -0.616. The highest BCUT2D eigenvalue weighted by Crippen LogP contribution is 1.71. The summed E-state index contributed by atoms with van der Waals surface area (Å²) in [5.41, 5.74) is 0. The van der Waals surface area contributed by atoms with Crippen molar-refractivity contribution in [1.82, 2.24) is 5.06 Å². The van der Waals surface area contributed by atoms with Crippen LogP contribution in [0.3, 0.4) is 0 Å². The number of nitrogens with one attached hydrogen (secondary N) is 1. The molecule has 0 aromatic heterocycles. The zero-order valence-electron chi connectivity index (χ0n) is 3.80. The molecule has 0 saturated carbocycles. The van der Waals surface area contributed by atoms with Crippen LogP contribution in [0.15, 0.2) is 0 Å². The van der Waals surface area contributed by atoms with Gasteiger partial charge in [-0.1, -0.05) is 0 Å².